The van der Waals surface area contributed by atoms with Gasteiger partial charge in [-0.25, -0.2) is 0 Å². The zero-order chi connectivity index (χ0) is 13.8. The van der Waals surface area contributed by atoms with Crippen LogP contribution < -0.4 is 0 Å². The molecule has 104 valence electrons. The van der Waals surface area contributed by atoms with Crippen LogP contribution in [-0.4, -0.2) is 28.7 Å². The van der Waals surface area contributed by atoms with E-state index in [1.54, 1.807) is 12.1 Å². The second kappa shape index (κ2) is 7.09. The molecule has 1 unspecified atom stereocenters. The first-order valence-electron chi connectivity index (χ1n) is 6.45. The molecule has 0 N–H and O–H groups in total. The molecule has 1 heterocycles. The van der Waals surface area contributed by atoms with E-state index in [0.29, 0.717) is 10.6 Å². The summed E-state index contributed by atoms with van der Waals surface area (Å²) in [7, 11) is 0. The highest BCUT2D eigenvalue weighted by Crippen LogP contribution is 2.26. The van der Waals surface area contributed by atoms with Crippen molar-refractivity contribution in [3.63, 3.8) is 0 Å². The molecule has 0 aromatic heterocycles. The number of nitrogens with zero attached hydrogens (tertiary/aromatic N) is 1. The van der Waals surface area contributed by atoms with Crippen molar-refractivity contribution in [2.45, 2.75) is 31.7 Å². The van der Waals surface area contributed by atoms with Gasteiger partial charge < -0.3 is 4.90 Å². The monoisotopic (exact) mass is 407 g/mol. The Hall–Kier alpha value is -0.0600. The molecule has 1 saturated heterocycles. The molecular formula is C14H16Br2ClNO. The highest BCUT2D eigenvalue weighted by molar-refractivity contribution is 9.10. The number of carbonyl (C=O) groups excluding carboxylic acids is 1. The molecule has 2 nitrogen and oxygen atoms in total. The molecular weight excluding hydrogens is 393 g/mol. The van der Waals surface area contributed by atoms with E-state index < -0.39 is 0 Å². The molecule has 1 aliphatic heterocycles. The summed E-state index contributed by atoms with van der Waals surface area (Å²) in [6.07, 6.45) is 4.53. The van der Waals surface area contributed by atoms with E-state index in [-0.39, 0.29) is 11.9 Å². The molecule has 1 atom stereocenters. The van der Waals surface area contributed by atoms with Crippen LogP contribution in [0, 0.1) is 0 Å². The molecule has 2 rings (SSSR count). The molecule has 19 heavy (non-hydrogen) atoms. The molecule has 0 radical (unpaired) electrons. The molecule has 0 aliphatic carbocycles. The fraction of sp³-hybridized carbons (Fsp3) is 0.500. The van der Waals surface area contributed by atoms with Gasteiger partial charge in [-0.3, -0.25) is 4.79 Å². The number of benzene rings is 1. The number of likely N-dealkylation sites (tertiary alicyclic amines) is 1. The number of hydrogen-bond acceptors (Lipinski definition) is 1. The van der Waals surface area contributed by atoms with E-state index in [2.05, 4.69) is 31.9 Å². The normalized spacial score (nSPS) is 20.2. The van der Waals surface area contributed by atoms with Gasteiger partial charge in [-0.2, -0.15) is 0 Å². The van der Waals surface area contributed by atoms with Crippen LogP contribution in [0.4, 0.5) is 0 Å². The van der Waals surface area contributed by atoms with E-state index in [0.717, 1.165) is 29.2 Å². The molecule has 1 aromatic carbocycles. The average molecular weight is 410 g/mol. The highest BCUT2D eigenvalue weighted by Gasteiger charge is 2.26. The van der Waals surface area contributed by atoms with E-state index >= 15 is 0 Å². The Morgan fingerprint density at radius 3 is 2.89 bits per heavy atom. The lowest BCUT2D eigenvalue weighted by Crippen LogP contribution is -2.41. The van der Waals surface area contributed by atoms with Crippen LogP contribution in [0.15, 0.2) is 22.7 Å². The minimum atomic E-state index is 0.0701. The Morgan fingerprint density at radius 2 is 2.16 bits per heavy atom. The van der Waals surface area contributed by atoms with Gasteiger partial charge in [0.05, 0.1) is 5.56 Å². The zero-order valence-corrected chi connectivity index (χ0v) is 14.5. The topological polar surface area (TPSA) is 20.3 Å². The van der Waals surface area contributed by atoms with Gasteiger partial charge in [-0.15, -0.1) is 0 Å². The summed E-state index contributed by atoms with van der Waals surface area (Å²) >= 11 is 13.0. The van der Waals surface area contributed by atoms with E-state index in [4.69, 9.17) is 11.6 Å². The first-order chi connectivity index (χ1) is 9.13. The molecule has 1 aliphatic rings. The first-order valence-corrected chi connectivity index (χ1v) is 8.74. The van der Waals surface area contributed by atoms with Gasteiger partial charge in [-0.05, 0) is 47.0 Å². The van der Waals surface area contributed by atoms with Crippen molar-refractivity contribution in [3.8, 4) is 0 Å². The Morgan fingerprint density at radius 1 is 1.37 bits per heavy atom. The number of halogens is 3. The van der Waals surface area contributed by atoms with Gasteiger partial charge in [-0.1, -0.05) is 40.4 Å². The number of amides is 1. The average Bonchev–Trinajstić information content (AvgIpc) is 2.65. The third-order valence-electron chi connectivity index (χ3n) is 3.47. The molecule has 1 fully saturated rings. The van der Waals surface area contributed by atoms with Crippen LogP contribution in [0.1, 0.15) is 36.0 Å². The molecule has 1 amide bonds. The third-order valence-corrected chi connectivity index (χ3v) is 5.15. The second-order valence-electron chi connectivity index (χ2n) is 4.78. The minimum absolute atomic E-state index is 0.0701. The molecule has 0 bridgehead atoms. The Labute approximate surface area is 135 Å². The third kappa shape index (κ3) is 3.73. The zero-order valence-electron chi connectivity index (χ0n) is 10.5. The minimum Gasteiger partial charge on any atom is -0.335 e. The van der Waals surface area contributed by atoms with Crippen molar-refractivity contribution in [1.29, 1.82) is 0 Å². The van der Waals surface area contributed by atoms with Crippen molar-refractivity contribution in [3.05, 3.63) is 33.3 Å². The second-order valence-corrected chi connectivity index (χ2v) is 6.72. The van der Waals surface area contributed by atoms with Gasteiger partial charge >= 0.3 is 0 Å². The Balaban J connectivity index is 2.27. The number of alkyl halides is 1. The lowest BCUT2D eigenvalue weighted by Gasteiger charge is -2.29. The molecule has 0 spiro atoms. The van der Waals surface area contributed by atoms with Crippen molar-refractivity contribution < 1.29 is 4.79 Å². The van der Waals surface area contributed by atoms with Crippen molar-refractivity contribution >= 4 is 49.4 Å². The van der Waals surface area contributed by atoms with E-state index in [1.165, 1.54) is 12.8 Å². The number of hydrogen-bond donors (Lipinski definition) is 0. The molecule has 0 saturated carbocycles. The summed E-state index contributed by atoms with van der Waals surface area (Å²) in [6.45, 7) is 0.827. The van der Waals surface area contributed by atoms with Gasteiger partial charge in [0.15, 0.2) is 0 Å². The quantitative estimate of drug-likeness (QED) is 0.638. The predicted octanol–water partition coefficient (Wildman–Crippen LogP) is 4.88. The summed E-state index contributed by atoms with van der Waals surface area (Å²) in [4.78, 5) is 14.7. The van der Waals surface area contributed by atoms with Crippen LogP contribution in [0.2, 0.25) is 5.02 Å². The standard InChI is InChI=1S/C14H16Br2ClNO/c15-9-11-4-2-1-3-7-18(11)14(19)12-8-10(17)5-6-13(12)16/h5-6,8,11H,1-4,7,9H2. The number of rotatable bonds is 2. The maximum absolute atomic E-state index is 12.7. The lowest BCUT2D eigenvalue weighted by atomic mass is 10.1. The fourth-order valence-corrected chi connectivity index (χ4v) is 3.68. The molecule has 5 heteroatoms. The fourth-order valence-electron chi connectivity index (χ4n) is 2.42. The summed E-state index contributed by atoms with van der Waals surface area (Å²) in [5, 5.41) is 1.42. The maximum atomic E-state index is 12.7. The van der Waals surface area contributed by atoms with Crippen LogP contribution >= 0.6 is 43.5 Å². The van der Waals surface area contributed by atoms with Crippen LogP contribution in [0.25, 0.3) is 0 Å². The van der Waals surface area contributed by atoms with Crippen molar-refractivity contribution in [2.24, 2.45) is 0 Å². The predicted molar refractivity (Wildman–Crippen MR) is 86.2 cm³/mol. The van der Waals surface area contributed by atoms with Crippen molar-refractivity contribution in [2.75, 3.05) is 11.9 Å². The Kier molecular flexibility index (Phi) is 5.72. The summed E-state index contributed by atoms with van der Waals surface area (Å²) in [5.74, 6) is 0.0701. The highest BCUT2D eigenvalue weighted by atomic mass is 79.9. The largest absolute Gasteiger partial charge is 0.335 e. The smallest absolute Gasteiger partial charge is 0.255 e. The van der Waals surface area contributed by atoms with E-state index in [1.807, 2.05) is 11.0 Å². The summed E-state index contributed by atoms with van der Waals surface area (Å²) in [6, 6.07) is 5.63. The summed E-state index contributed by atoms with van der Waals surface area (Å²) < 4.78 is 0.805. The van der Waals surface area contributed by atoms with Gasteiger partial charge in [0.25, 0.3) is 5.91 Å². The van der Waals surface area contributed by atoms with Gasteiger partial charge in [0.1, 0.15) is 0 Å². The maximum Gasteiger partial charge on any atom is 0.255 e. The first kappa shape index (κ1) is 15.3. The number of carbonyl (C=O) groups is 1. The van der Waals surface area contributed by atoms with Crippen LogP contribution in [0.5, 0.6) is 0 Å². The lowest BCUT2D eigenvalue weighted by molar-refractivity contribution is 0.0701. The van der Waals surface area contributed by atoms with E-state index in [9.17, 15) is 4.79 Å². The van der Waals surface area contributed by atoms with Crippen LogP contribution in [-0.2, 0) is 0 Å². The van der Waals surface area contributed by atoms with Crippen LogP contribution in [0.3, 0.4) is 0 Å². The van der Waals surface area contributed by atoms with Gasteiger partial charge in [0, 0.05) is 27.4 Å². The Bertz CT molecular complexity index is 467. The van der Waals surface area contributed by atoms with Gasteiger partial charge in [0.2, 0.25) is 0 Å². The van der Waals surface area contributed by atoms with Crippen molar-refractivity contribution in [1.82, 2.24) is 4.90 Å². The molecule has 1 aromatic rings. The SMILES string of the molecule is O=C(c1cc(Cl)ccc1Br)N1CCCCCC1CBr. The summed E-state index contributed by atoms with van der Waals surface area (Å²) in [5.41, 5.74) is 0.653.